The number of ketones is 1. The largest absolute Gasteiger partial charge is 0.504 e. The molecule has 0 heterocycles. The summed E-state index contributed by atoms with van der Waals surface area (Å²) < 4.78 is 12.7. The maximum Gasteiger partial charge on any atom is 0.194 e. The Morgan fingerprint density at radius 1 is 1.43 bits per heavy atom. The molecule has 0 spiro atoms. The molecule has 1 aromatic carbocycles. The van der Waals surface area contributed by atoms with Gasteiger partial charge in [-0.2, -0.15) is 0 Å². The Labute approximate surface area is 79.8 Å². The third kappa shape index (κ3) is 1.67. The number of hydrogen-bond acceptors (Lipinski definition) is 4. The van der Waals surface area contributed by atoms with E-state index in [0.717, 1.165) is 12.1 Å². The molecule has 1 aromatic rings. The van der Waals surface area contributed by atoms with Gasteiger partial charge in [0.05, 0.1) is 11.6 Å². The number of phenols is 2. The number of phenolic OH excluding ortho intramolecular Hbond substituents is 2. The molecule has 1 rings (SSSR count). The van der Waals surface area contributed by atoms with Crippen LogP contribution in [0.25, 0.3) is 0 Å². The van der Waals surface area contributed by atoms with Crippen molar-refractivity contribution in [2.75, 3.05) is 0 Å². The Bertz CT molecular complexity index is 377. The first kappa shape index (κ1) is 10.5. The fourth-order valence-corrected chi connectivity index (χ4v) is 0.999. The van der Waals surface area contributed by atoms with Crippen LogP contribution in [-0.4, -0.2) is 22.0 Å². The molecular weight excluding hydrogens is 189 g/mol. The van der Waals surface area contributed by atoms with Crippen LogP contribution in [0.15, 0.2) is 12.1 Å². The maximum absolute atomic E-state index is 12.7. The second-order valence-corrected chi connectivity index (χ2v) is 2.95. The monoisotopic (exact) mass is 199 g/mol. The van der Waals surface area contributed by atoms with E-state index in [1.807, 2.05) is 0 Å². The first-order chi connectivity index (χ1) is 6.45. The second-order valence-electron chi connectivity index (χ2n) is 2.95. The van der Waals surface area contributed by atoms with Gasteiger partial charge < -0.3 is 15.9 Å². The highest BCUT2D eigenvalue weighted by Gasteiger charge is 2.19. The van der Waals surface area contributed by atoms with Gasteiger partial charge >= 0.3 is 0 Å². The van der Waals surface area contributed by atoms with E-state index in [1.165, 1.54) is 6.92 Å². The van der Waals surface area contributed by atoms with Crippen molar-refractivity contribution in [1.82, 2.24) is 0 Å². The molecule has 0 saturated heterocycles. The number of benzene rings is 1. The first-order valence-electron chi connectivity index (χ1n) is 3.95. The van der Waals surface area contributed by atoms with Crippen molar-refractivity contribution in [3.05, 3.63) is 23.5 Å². The van der Waals surface area contributed by atoms with Crippen LogP contribution in [0.3, 0.4) is 0 Å². The van der Waals surface area contributed by atoms with Crippen LogP contribution in [0.4, 0.5) is 4.39 Å². The molecule has 0 amide bonds. The Morgan fingerprint density at radius 3 is 2.50 bits per heavy atom. The van der Waals surface area contributed by atoms with E-state index in [2.05, 4.69) is 0 Å². The number of nitrogens with two attached hydrogens (primary N) is 1. The lowest BCUT2D eigenvalue weighted by atomic mass is 10.0. The molecule has 4 nitrogen and oxygen atoms in total. The molecular formula is C9H10FNO3. The summed E-state index contributed by atoms with van der Waals surface area (Å²) in [4.78, 5) is 11.3. The molecule has 0 fully saturated rings. The van der Waals surface area contributed by atoms with E-state index >= 15 is 0 Å². The molecule has 0 aliphatic rings. The lowest BCUT2D eigenvalue weighted by Crippen LogP contribution is -2.26. The van der Waals surface area contributed by atoms with Gasteiger partial charge in [-0.1, -0.05) is 0 Å². The standard InChI is InChI=1S/C9H10FNO3/c1-4(11)7(12)5-2-3-6(10)9(14)8(5)13/h2-4,13-14H,11H2,1H3. The van der Waals surface area contributed by atoms with Crippen LogP contribution in [0, 0.1) is 5.82 Å². The fraction of sp³-hybridized carbons (Fsp3) is 0.222. The van der Waals surface area contributed by atoms with Crippen LogP contribution < -0.4 is 5.73 Å². The van der Waals surface area contributed by atoms with Crippen molar-refractivity contribution in [1.29, 1.82) is 0 Å². The molecule has 4 N–H and O–H groups in total. The molecule has 14 heavy (non-hydrogen) atoms. The van der Waals surface area contributed by atoms with Crippen molar-refractivity contribution in [2.24, 2.45) is 5.73 Å². The van der Waals surface area contributed by atoms with Crippen LogP contribution in [0.1, 0.15) is 17.3 Å². The van der Waals surface area contributed by atoms with Crippen LogP contribution >= 0.6 is 0 Å². The topological polar surface area (TPSA) is 83.6 Å². The predicted molar refractivity (Wildman–Crippen MR) is 47.7 cm³/mol. The highest BCUT2D eigenvalue weighted by atomic mass is 19.1. The number of Topliss-reactive ketones (excluding diaryl/α,β-unsaturated/α-hetero) is 1. The average Bonchev–Trinajstić information content (AvgIpc) is 2.13. The number of carbonyl (C=O) groups is 1. The minimum absolute atomic E-state index is 0.182. The lowest BCUT2D eigenvalue weighted by Gasteiger charge is -2.07. The predicted octanol–water partition coefficient (Wildman–Crippen LogP) is 0.767. The zero-order valence-electron chi connectivity index (χ0n) is 7.49. The van der Waals surface area contributed by atoms with Crippen molar-refractivity contribution >= 4 is 5.78 Å². The number of hydrogen-bond donors (Lipinski definition) is 3. The van der Waals surface area contributed by atoms with E-state index < -0.39 is 29.1 Å². The number of aromatic hydroxyl groups is 2. The molecule has 0 bridgehead atoms. The molecule has 1 unspecified atom stereocenters. The molecule has 0 aromatic heterocycles. The second kappa shape index (κ2) is 3.63. The zero-order valence-corrected chi connectivity index (χ0v) is 7.49. The minimum Gasteiger partial charge on any atom is -0.504 e. The molecule has 0 saturated carbocycles. The van der Waals surface area contributed by atoms with Crippen LogP contribution in [0.5, 0.6) is 11.5 Å². The molecule has 0 radical (unpaired) electrons. The molecule has 5 heteroatoms. The van der Waals surface area contributed by atoms with Gasteiger partial charge in [0, 0.05) is 0 Å². The average molecular weight is 199 g/mol. The van der Waals surface area contributed by atoms with Crippen molar-refractivity contribution in [3.63, 3.8) is 0 Å². The van der Waals surface area contributed by atoms with Crippen molar-refractivity contribution in [3.8, 4) is 11.5 Å². The molecule has 76 valence electrons. The quantitative estimate of drug-likeness (QED) is 0.485. The Hall–Kier alpha value is -1.62. The van der Waals surface area contributed by atoms with Gasteiger partial charge in [0.15, 0.2) is 23.1 Å². The summed E-state index contributed by atoms with van der Waals surface area (Å²) in [6, 6.07) is 1.16. The van der Waals surface area contributed by atoms with Crippen molar-refractivity contribution < 1.29 is 19.4 Å². The summed E-state index contributed by atoms with van der Waals surface area (Å²) in [5.41, 5.74) is 5.11. The van der Waals surface area contributed by atoms with Gasteiger partial charge in [-0.25, -0.2) is 4.39 Å². The molecule has 0 aliphatic carbocycles. The number of carbonyl (C=O) groups excluding carboxylic acids is 1. The maximum atomic E-state index is 12.7. The summed E-state index contributed by atoms with van der Waals surface area (Å²) in [5, 5.41) is 18.2. The number of rotatable bonds is 2. The van der Waals surface area contributed by atoms with Gasteiger partial charge in [-0.05, 0) is 19.1 Å². The van der Waals surface area contributed by atoms with Crippen LogP contribution in [-0.2, 0) is 0 Å². The van der Waals surface area contributed by atoms with E-state index in [1.54, 1.807) is 0 Å². The Balaban J connectivity index is 3.24. The Kier molecular flexibility index (Phi) is 2.71. The third-order valence-corrected chi connectivity index (χ3v) is 1.78. The van der Waals surface area contributed by atoms with Crippen molar-refractivity contribution in [2.45, 2.75) is 13.0 Å². The smallest absolute Gasteiger partial charge is 0.194 e. The van der Waals surface area contributed by atoms with E-state index in [0.29, 0.717) is 0 Å². The fourth-order valence-electron chi connectivity index (χ4n) is 0.999. The lowest BCUT2D eigenvalue weighted by molar-refractivity contribution is 0.0964. The van der Waals surface area contributed by atoms with E-state index in [4.69, 9.17) is 10.8 Å². The minimum atomic E-state index is -0.983. The summed E-state index contributed by atoms with van der Waals surface area (Å²) in [6.45, 7) is 1.43. The first-order valence-corrected chi connectivity index (χ1v) is 3.95. The van der Waals surface area contributed by atoms with Gasteiger partial charge in [0.25, 0.3) is 0 Å². The van der Waals surface area contributed by atoms with Gasteiger partial charge in [0.1, 0.15) is 0 Å². The zero-order chi connectivity index (χ0) is 10.9. The normalized spacial score (nSPS) is 12.5. The van der Waals surface area contributed by atoms with E-state index in [9.17, 15) is 14.3 Å². The summed E-state index contributed by atoms with van der Waals surface area (Å²) in [5.74, 6) is -3.25. The van der Waals surface area contributed by atoms with Gasteiger partial charge in [0.2, 0.25) is 0 Å². The summed E-state index contributed by atoms with van der Waals surface area (Å²) in [6.07, 6.45) is 0. The SMILES string of the molecule is CC(N)C(=O)c1ccc(F)c(O)c1O. The Morgan fingerprint density at radius 2 is 2.00 bits per heavy atom. The van der Waals surface area contributed by atoms with E-state index in [-0.39, 0.29) is 5.56 Å². The summed E-state index contributed by atoms with van der Waals surface area (Å²) in [7, 11) is 0. The number of halogens is 1. The third-order valence-electron chi connectivity index (χ3n) is 1.78. The molecule has 1 atom stereocenters. The van der Waals surface area contributed by atoms with Gasteiger partial charge in [-0.15, -0.1) is 0 Å². The van der Waals surface area contributed by atoms with Gasteiger partial charge in [-0.3, -0.25) is 4.79 Å². The highest BCUT2D eigenvalue weighted by molar-refractivity contribution is 6.02. The summed E-state index contributed by atoms with van der Waals surface area (Å²) >= 11 is 0. The molecule has 0 aliphatic heterocycles. The van der Waals surface area contributed by atoms with Crippen LogP contribution in [0.2, 0.25) is 0 Å². The highest BCUT2D eigenvalue weighted by Crippen LogP contribution is 2.31.